The SMILES string of the molecule is CCOc1ccc(CCCNC(=O)C2CCN(Cc3ccccc3F)CC2)cc1OC. The quantitative estimate of drug-likeness (QED) is 0.577. The van der Waals surface area contributed by atoms with Crippen LogP contribution in [0.15, 0.2) is 42.5 Å². The predicted molar refractivity (Wildman–Crippen MR) is 120 cm³/mol. The van der Waals surface area contributed by atoms with Gasteiger partial charge in [0.1, 0.15) is 5.82 Å². The van der Waals surface area contributed by atoms with Crippen molar-refractivity contribution in [1.82, 2.24) is 10.2 Å². The highest BCUT2D eigenvalue weighted by atomic mass is 19.1. The Labute approximate surface area is 184 Å². The van der Waals surface area contributed by atoms with Crippen molar-refractivity contribution in [2.24, 2.45) is 5.92 Å². The number of rotatable bonds is 10. The first-order valence-corrected chi connectivity index (χ1v) is 11.1. The molecule has 1 saturated heterocycles. The number of ether oxygens (including phenoxy) is 2. The molecule has 0 aromatic heterocycles. The first kappa shape index (κ1) is 23.1. The molecule has 31 heavy (non-hydrogen) atoms. The van der Waals surface area contributed by atoms with Gasteiger partial charge in [-0.25, -0.2) is 4.39 Å². The van der Waals surface area contributed by atoms with Crippen LogP contribution >= 0.6 is 0 Å². The van der Waals surface area contributed by atoms with E-state index in [4.69, 9.17) is 9.47 Å². The van der Waals surface area contributed by atoms with Crippen molar-refractivity contribution in [2.45, 2.75) is 39.2 Å². The summed E-state index contributed by atoms with van der Waals surface area (Å²) in [5.74, 6) is 1.51. The fourth-order valence-corrected chi connectivity index (χ4v) is 4.01. The number of likely N-dealkylation sites (tertiary alicyclic amines) is 1. The summed E-state index contributed by atoms with van der Waals surface area (Å²) in [6.45, 7) is 5.44. The van der Waals surface area contributed by atoms with Crippen LogP contribution in [0.1, 0.15) is 37.3 Å². The van der Waals surface area contributed by atoms with E-state index in [0.29, 0.717) is 19.7 Å². The van der Waals surface area contributed by atoms with Gasteiger partial charge < -0.3 is 14.8 Å². The number of carbonyl (C=O) groups excluding carboxylic acids is 1. The second kappa shape index (κ2) is 11.7. The second-order valence-electron chi connectivity index (χ2n) is 7.95. The first-order valence-electron chi connectivity index (χ1n) is 11.1. The molecule has 0 bridgehead atoms. The van der Waals surface area contributed by atoms with Gasteiger partial charge in [0.15, 0.2) is 11.5 Å². The minimum absolute atomic E-state index is 0.0439. The van der Waals surface area contributed by atoms with Gasteiger partial charge in [0.25, 0.3) is 0 Å². The molecule has 0 saturated carbocycles. The number of piperidine rings is 1. The fourth-order valence-electron chi connectivity index (χ4n) is 4.01. The van der Waals surface area contributed by atoms with E-state index in [1.165, 1.54) is 6.07 Å². The van der Waals surface area contributed by atoms with E-state index in [2.05, 4.69) is 10.2 Å². The first-order chi connectivity index (χ1) is 15.1. The van der Waals surface area contributed by atoms with Crippen LogP contribution in [0.25, 0.3) is 0 Å². The topological polar surface area (TPSA) is 50.8 Å². The number of aryl methyl sites for hydroxylation is 1. The number of carbonyl (C=O) groups is 1. The van der Waals surface area contributed by atoms with Gasteiger partial charge >= 0.3 is 0 Å². The normalized spacial score (nSPS) is 14.9. The molecular weight excluding hydrogens is 395 g/mol. The lowest BCUT2D eigenvalue weighted by molar-refractivity contribution is -0.126. The molecule has 2 aromatic carbocycles. The van der Waals surface area contributed by atoms with Crippen LogP contribution in [0.2, 0.25) is 0 Å². The molecule has 1 heterocycles. The largest absolute Gasteiger partial charge is 0.493 e. The Morgan fingerprint density at radius 2 is 1.94 bits per heavy atom. The van der Waals surface area contributed by atoms with E-state index in [1.807, 2.05) is 37.3 Å². The van der Waals surface area contributed by atoms with Gasteiger partial charge in [-0.1, -0.05) is 24.3 Å². The van der Waals surface area contributed by atoms with Gasteiger partial charge in [0.2, 0.25) is 5.91 Å². The number of hydrogen-bond acceptors (Lipinski definition) is 4. The Morgan fingerprint density at radius 3 is 2.65 bits per heavy atom. The summed E-state index contributed by atoms with van der Waals surface area (Å²) in [6, 6.07) is 12.9. The van der Waals surface area contributed by atoms with Gasteiger partial charge in [0.05, 0.1) is 13.7 Å². The van der Waals surface area contributed by atoms with Crippen LogP contribution in [0.3, 0.4) is 0 Å². The van der Waals surface area contributed by atoms with Crippen LogP contribution in [-0.2, 0) is 17.8 Å². The highest BCUT2D eigenvalue weighted by Gasteiger charge is 2.25. The van der Waals surface area contributed by atoms with Crippen LogP contribution < -0.4 is 14.8 Å². The molecule has 5 nitrogen and oxygen atoms in total. The van der Waals surface area contributed by atoms with Crippen molar-refractivity contribution < 1.29 is 18.7 Å². The summed E-state index contributed by atoms with van der Waals surface area (Å²) in [6.07, 6.45) is 3.37. The average molecular weight is 429 g/mol. The molecular formula is C25H33FN2O3. The van der Waals surface area contributed by atoms with Crippen LogP contribution in [0.4, 0.5) is 4.39 Å². The summed E-state index contributed by atoms with van der Waals surface area (Å²) in [4.78, 5) is 14.7. The van der Waals surface area contributed by atoms with Gasteiger partial charge in [0, 0.05) is 24.6 Å². The van der Waals surface area contributed by atoms with Crippen molar-refractivity contribution >= 4 is 5.91 Å². The highest BCUT2D eigenvalue weighted by molar-refractivity contribution is 5.78. The predicted octanol–water partition coefficient (Wildman–Crippen LogP) is 4.19. The minimum Gasteiger partial charge on any atom is -0.493 e. The average Bonchev–Trinajstić information content (AvgIpc) is 2.79. The number of benzene rings is 2. The maximum atomic E-state index is 13.8. The van der Waals surface area contributed by atoms with Gasteiger partial charge in [-0.05, 0) is 69.5 Å². The molecule has 1 fully saturated rings. The van der Waals surface area contributed by atoms with Crippen molar-refractivity contribution in [2.75, 3.05) is 33.4 Å². The second-order valence-corrected chi connectivity index (χ2v) is 7.95. The Hall–Kier alpha value is -2.60. The van der Waals surface area contributed by atoms with Crippen molar-refractivity contribution in [1.29, 1.82) is 0 Å². The minimum atomic E-state index is -0.160. The summed E-state index contributed by atoms with van der Waals surface area (Å²) < 4.78 is 24.8. The number of amides is 1. The third-order valence-corrected chi connectivity index (χ3v) is 5.78. The number of hydrogen-bond donors (Lipinski definition) is 1. The number of halogens is 1. The smallest absolute Gasteiger partial charge is 0.223 e. The molecule has 168 valence electrons. The van der Waals surface area contributed by atoms with Crippen LogP contribution in [0, 0.1) is 11.7 Å². The number of nitrogens with one attached hydrogen (secondary N) is 1. The molecule has 2 aromatic rings. The van der Waals surface area contributed by atoms with Crippen molar-refractivity contribution in [3.05, 3.63) is 59.4 Å². The molecule has 1 amide bonds. The fraction of sp³-hybridized carbons (Fsp3) is 0.480. The molecule has 0 unspecified atom stereocenters. The highest BCUT2D eigenvalue weighted by Crippen LogP contribution is 2.28. The monoisotopic (exact) mass is 428 g/mol. The molecule has 3 rings (SSSR count). The van der Waals surface area contributed by atoms with Gasteiger partial charge in [-0.15, -0.1) is 0 Å². The van der Waals surface area contributed by atoms with E-state index < -0.39 is 0 Å². The Kier molecular flexibility index (Phi) is 8.71. The van der Waals surface area contributed by atoms with E-state index in [9.17, 15) is 9.18 Å². The lowest BCUT2D eigenvalue weighted by Crippen LogP contribution is -2.40. The zero-order chi connectivity index (χ0) is 22.1. The molecule has 0 aliphatic carbocycles. The van der Waals surface area contributed by atoms with Crippen LogP contribution in [0.5, 0.6) is 11.5 Å². The third-order valence-electron chi connectivity index (χ3n) is 5.78. The summed E-state index contributed by atoms with van der Waals surface area (Å²) >= 11 is 0. The summed E-state index contributed by atoms with van der Waals surface area (Å²) in [5.41, 5.74) is 1.88. The Bertz CT molecular complexity index is 850. The lowest BCUT2D eigenvalue weighted by Gasteiger charge is -2.31. The van der Waals surface area contributed by atoms with Crippen molar-refractivity contribution in [3.63, 3.8) is 0 Å². The zero-order valence-electron chi connectivity index (χ0n) is 18.5. The lowest BCUT2D eigenvalue weighted by atomic mass is 9.95. The van der Waals surface area contributed by atoms with Crippen LogP contribution in [-0.4, -0.2) is 44.2 Å². The Balaban J connectivity index is 1.36. The molecule has 0 radical (unpaired) electrons. The standard InChI is InChI=1S/C25H33FN2O3/c1-3-31-23-11-10-19(17-24(23)30-2)7-6-14-27-25(29)20-12-15-28(16-13-20)18-21-8-4-5-9-22(21)26/h4-5,8-11,17,20H,3,6-7,12-16,18H2,1-2H3,(H,27,29). The maximum Gasteiger partial charge on any atom is 0.223 e. The molecule has 6 heteroatoms. The zero-order valence-corrected chi connectivity index (χ0v) is 18.5. The molecule has 1 aliphatic heterocycles. The maximum absolute atomic E-state index is 13.8. The number of methoxy groups -OCH3 is 1. The molecule has 0 atom stereocenters. The molecule has 1 N–H and O–H groups in total. The third kappa shape index (κ3) is 6.69. The molecule has 1 aliphatic rings. The van der Waals surface area contributed by atoms with E-state index in [-0.39, 0.29) is 17.6 Å². The molecule has 0 spiro atoms. The van der Waals surface area contributed by atoms with E-state index in [1.54, 1.807) is 13.2 Å². The van der Waals surface area contributed by atoms with Gasteiger partial charge in [-0.3, -0.25) is 9.69 Å². The van der Waals surface area contributed by atoms with Crippen molar-refractivity contribution in [3.8, 4) is 11.5 Å². The van der Waals surface area contributed by atoms with E-state index >= 15 is 0 Å². The Morgan fingerprint density at radius 1 is 1.16 bits per heavy atom. The summed E-state index contributed by atoms with van der Waals surface area (Å²) in [7, 11) is 1.64. The summed E-state index contributed by atoms with van der Waals surface area (Å²) in [5, 5.41) is 3.08. The van der Waals surface area contributed by atoms with Gasteiger partial charge in [-0.2, -0.15) is 0 Å². The number of nitrogens with zero attached hydrogens (tertiary/aromatic N) is 1. The van der Waals surface area contributed by atoms with E-state index in [0.717, 1.165) is 61.4 Å².